The molecular weight excluding hydrogens is 244 g/mol. The summed E-state index contributed by atoms with van der Waals surface area (Å²) in [4.78, 5) is 33.7. The number of benzene rings is 1. The molecule has 1 aromatic carbocycles. The zero-order valence-corrected chi connectivity index (χ0v) is 11.1. The third-order valence-electron chi connectivity index (χ3n) is 2.73. The minimum atomic E-state index is -0.595. The van der Waals surface area contributed by atoms with Crippen LogP contribution in [0.25, 0.3) is 0 Å². The van der Waals surface area contributed by atoms with Gasteiger partial charge < -0.3 is 4.74 Å². The largest absolute Gasteiger partial charge is 0.469 e. The van der Waals surface area contributed by atoms with Crippen LogP contribution in [-0.2, 0) is 25.5 Å². The van der Waals surface area contributed by atoms with Crippen LogP contribution in [0.5, 0.6) is 0 Å². The Morgan fingerprint density at radius 1 is 1.00 bits per heavy atom. The van der Waals surface area contributed by atoms with E-state index in [4.69, 9.17) is 0 Å². The Balaban J connectivity index is 2.21. The molecule has 0 atom stereocenters. The van der Waals surface area contributed by atoms with Gasteiger partial charge in [0.2, 0.25) is 0 Å². The van der Waals surface area contributed by atoms with E-state index in [1.165, 1.54) is 12.7 Å². The topological polar surface area (TPSA) is 60.4 Å². The van der Waals surface area contributed by atoms with Gasteiger partial charge in [0, 0.05) is 6.42 Å². The number of rotatable bonds is 8. The summed E-state index contributed by atoms with van der Waals surface area (Å²) in [6.07, 6.45) is 1.40. The highest BCUT2D eigenvalue weighted by molar-refractivity contribution is 6.05. The smallest absolute Gasteiger partial charge is 0.313 e. The van der Waals surface area contributed by atoms with Crippen LogP contribution in [0.1, 0.15) is 31.2 Å². The number of carbonyl (C=O) groups excluding carboxylic acids is 3. The molecule has 19 heavy (non-hydrogen) atoms. The molecule has 0 saturated carbocycles. The van der Waals surface area contributed by atoms with Crippen molar-refractivity contribution in [1.82, 2.24) is 0 Å². The van der Waals surface area contributed by atoms with E-state index in [1.54, 1.807) is 0 Å². The van der Waals surface area contributed by atoms with Crippen LogP contribution < -0.4 is 0 Å². The maximum absolute atomic E-state index is 11.5. The first-order valence-electron chi connectivity index (χ1n) is 6.26. The summed E-state index contributed by atoms with van der Waals surface area (Å²) in [6.45, 7) is 0. The average Bonchev–Trinajstić information content (AvgIpc) is 2.39. The number of hydrogen-bond acceptors (Lipinski definition) is 4. The van der Waals surface area contributed by atoms with Gasteiger partial charge in [-0.1, -0.05) is 30.3 Å². The van der Waals surface area contributed by atoms with Crippen molar-refractivity contribution < 1.29 is 19.1 Å². The summed E-state index contributed by atoms with van der Waals surface area (Å²) in [6, 6.07) is 9.87. The van der Waals surface area contributed by atoms with E-state index in [1.807, 2.05) is 30.3 Å². The predicted molar refractivity (Wildman–Crippen MR) is 70.6 cm³/mol. The monoisotopic (exact) mass is 262 g/mol. The van der Waals surface area contributed by atoms with Crippen LogP contribution in [0.4, 0.5) is 0 Å². The molecule has 102 valence electrons. The zero-order chi connectivity index (χ0) is 14.1. The van der Waals surface area contributed by atoms with Crippen LogP contribution in [0, 0.1) is 0 Å². The number of ether oxygens (including phenoxy) is 1. The number of carbonyl (C=O) groups is 3. The van der Waals surface area contributed by atoms with Gasteiger partial charge in [0.15, 0.2) is 5.78 Å². The molecule has 0 aliphatic carbocycles. The van der Waals surface area contributed by atoms with Gasteiger partial charge in [-0.3, -0.25) is 14.4 Å². The molecule has 0 aliphatic rings. The molecule has 0 radical (unpaired) electrons. The summed E-state index contributed by atoms with van der Waals surface area (Å²) in [5.41, 5.74) is 1.18. The van der Waals surface area contributed by atoms with Crippen molar-refractivity contribution in [3.8, 4) is 0 Å². The zero-order valence-electron chi connectivity index (χ0n) is 11.1. The van der Waals surface area contributed by atoms with Gasteiger partial charge in [0.05, 0.1) is 13.5 Å². The summed E-state index contributed by atoms with van der Waals surface area (Å²) in [5, 5.41) is 0. The molecule has 0 saturated heterocycles. The first kappa shape index (κ1) is 15.1. The van der Waals surface area contributed by atoms with Crippen molar-refractivity contribution in [2.75, 3.05) is 7.11 Å². The van der Waals surface area contributed by atoms with E-state index < -0.39 is 5.97 Å². The quantitative estimate of drug-likeness (QED) is 0.531. The minimum absolute atomic E-state index is 0.121. The lowest BCUT2D eigenvalue weighted by Crippen LogP contribution is -2.13. The van der Waals surface area contributed by atoms with E-state index >= 15 is 0 Å². The van der Waals surface area contributed by atoms with Gasteiger partial charge in [-0.2, -0.15) is 0 Å². The van der Waals surface area contributed by atoms with Gasteiger partial charge >= 0.3 is 5.97 Å². The molecule has 4 heteroatoms. The number of esters is 1. The Hall–Kier alpha value is -1.97. The molecular formula is C15H18O4. The number of aryl methyl sites for hydroxylation is 1. The lowest BCUT2D eigenvalue weighted by atomic mass is 10.0. The predicted octanol–water partition coefficient (Wildman–Crippen LogP) is 2.10. The molecule has 0 amide bonds. The van der Waals surface area contributed by atoms with Crippen LogP contribution in [0.15, 0.2) is 30.3 Å². The SMILES string of the molecule is COC(=O)CC(=O)CC(=O)CCCc1ccccc1. The summed E-state index contributed by atoms with van der Waals surface area (Å²) >= 11 is 0. The Labute approximate surface area is 112 Å². The van der Waals surface area contributed by atoms with Crippen molar-refractivity contribution in [2.45, 2.75) is 32.1 Å². The fourth-order valence-corrected chi connectivity index (χ4v) is 1.74. The van der Waals surface area contributed by atoms with E-state index in [0.29, 0.717) is 12.8 Å². The van der Waals surface area contributed by atoms with Crippen molar-refractivity contribution >= 4 is 17.5 Å². The molecule has 1 aromatic rings. The first-order valence-corrected chi connectivity index (χ1v) is 6.26. The molecule has 4 nitrogen and oxygen atoms in total. The first-order chi connectivity index (χ1) is 9.11. The number of ketones is 2. The van der Waals surface area contributed by atoms with E-state index in [-0.39, 0.29) is 24.4 Å². The Morgan fingerprint density at radius 2 is 1.68 bits per heavy atom. The third kappa shape index (κ3) is 6.50. The van der Waals surface area contributed by atoms with Crippen molar-refractivity contribution in [3.63, 3.8) is 0 Å². The fraction of sp³-hybridized carbons (Fsp3) is 0.400. The fourth-order valence-electron chi connectivity index (χ4n) is 1.74. The van der Waals surface area contributed by atoms with Gasteiger partial charge in [-0.05, 0) is 18.4 Å². The van der Waals surface area contributed by atoms with E-state index in [2.05, 4.69) is 4.74 Å². The maximum Gasteiger partial charge on any atom is 0.313 e. The van der Waals surface area contributed by atoms with Crippen molar-refractivity contribution in [1.29, 1.82) is 0 Å². The van der Waals surface area contributed by atoms with Crippen molar-refractivity contribution in [3.05, 3.63) is 35.9 Å². The number of methoxy groups -OCH3 is 1. The van der Waals surface area contributed by atoms with Crippen LogP contribution in [0.2, 0.25) is 0 Å². The van der Waals surface area contributed by atoms with Crippen LogP contribution in [0.3, 0.4) is 0 Å². The lowest BCUT2D eigenvalue weighted by Gasteiger charge is -2.01. The number of hydrogen-bond donors (Lipinski definition) is 0. The third-order valence-corrected chi connectivity index (χ3v) is 2.73. The van der Waals surface area contributed by atoms with E-state index in [9.17, 15) is 14.4 Å². The van der Waals surface area contributed by atoms with Gasteiger partial charge in [-0.15, -0.1) is 0 Å². The molecule has 0 N–H and O–H groups in total. The molecule has 1 rings (SSSR count). The highest BCUT2D eigenvalue weighted by Gasteiger charge is 2.13. The normalized spacial score (nSPS) is 9.95. The average molecular weight is 262 g/mol. The number of Topliss-reactive ketones (excluding diaryl/α,β-unsaturated/α-hetero) is 2. The highest BCUT2D eigenvalue weighted by atomic mass is 16.5. The van der Waals surface area contributed by atoms with Crippen LogP contribution in [-0.4, -0.2) is 24.6 Å². The molecule has 0 spiro atoms. The Bertz CT molecular complexity index is 437. The Morgan fingerprint density at radius 3 is 2.32 bits per heavy atom. The molecule has 0 unspecified atom stereocenters. The summed E-state index contributed by atoms with van der Waals surface area (Å²) in [7, 11) is 1.22. The Kier molecular flexibility index (Phi) is 6.50. The van der Waals surface area contributed by atoms with Gasteiger partial charge in [0.25, 0.3) is 0 Å². The van der Waals surface area contributed by atoms with Crippen LogP contribution >= 0.6 is 0 Å². The molecule has 0 heterocycles. The molecule has 0 aromatic heterocycles. The van der Waals surface area contributed by atoms with Gasteiger partial charge in [-0.25, -0.2) is 0 Å². The highest BCUT2D eigenvalue weighted by Crippen LogP contribution is 2.06. The lowest BCUT2D eigenvalue weighted by molar-refractivity contribution is -0.143. The second-order valence-electron chi connectivity index (χ2n) is 4.35. The molecule has 0 aliphatic heterocycles. The molecule has 0 bridgehead atoms. The van der Waals surface area contributed by atoms with Gasteiger partial charge in [0.1, 0.15) is 12.2 Å². The van der Waals surface area contributed by atoms with E-state index in [0.717, 1.165) is 6.42 Å². The van der Waals surface area contributed by atoms with Crippen molar-refractivity contribution in [2.24, 2.45) is 0 Å². The minimum Gasteiger partial charge on any atom is -0.469 e. The second kappa shape index (κ2) is 8.19. The molecule has 0 fully saturated rings. The second-order valence-corrected chi connectivity index (χ2v) is 4.35. The summed E-state index contributed by atoms with van der Waals surface area (Å²) in [5.74, 6) is -1.09. The maximum atomic E-state index is 11.5. The standard InChI is InChI=1S/C15H18O4/c1-19-15(18)11-14(17)10-13(16)9-5-8-12-6-3-2-4-7-12/h2-4,6-7H,5,8-11H2,1H3. The summed E-state index contributed by atoms with van der Waals surface area (Å²) < 4.78 is 4.37.